The first kappa shape index (κ1) is 18.1. The number of nitrogens with zero attached hydrogens (tertiary/aromatic N) is 4. The molecule has 0 spiro atoms. The van der Waals surface area contributed by atoms with Gasteiger partial charge in [-0.1, -0.05) is 24.3 Å². The number of fused-ring (bicyclic) bond motifs is 1. The second kappa shape index (κ2) is 8.18. The van der Waals surface area contributed by atoms with E-state index in [0.29, 0.717) is 18.5 Å². The lowest BCUT2D eigenvalue weighted by Gasteiger charge is -2.08. The summed E-state index contributed by atoms with van der Waals surface area (Å²) < 4.78 is 3.35. The summed E-state index contributed by atoms with van der Waals surface area (Å²) in [5, 5.41) is 9.53. The molecule has 0 radical (unpaired) electrons. The largest absolute Gasteiger partial charge is 0.352 e. The van der Waals surface area contributed by atoms with E-state index in [4.69, 9.17) is 0 Å². The van der Waals surface area contributed by atoms with E-state index in [9.17, 15) is 9.59 Å². The van der Waals surface area contributed by atoms with Crippen LogP contribution in [-0.2, 0) is 24.4 Å². The Morgan fingerprint density at radius 3 is 2.75 bits per heavy atom. The third-order valence-electron chi connectivity index (χ3n) is 4.45. The lowest BCUT2D eigenvalue weighted by Crippen LogP contribution is -2.27. The second-order valence-corrected chi connectivity index (χ2v) is 7.32. The van der Waals surface area contributed by atoms with Gasteiger partial charge >= 0.3 is 0 Å². The number of hydrogen-bond donors (Lipinski definition) is 1. The predicted octanol–water partition coefficient (Wildman–Crippen LogP) is 2.41. The lowest BCUT2D eigenvalue weighted by molar-refractivity contribution is -0.121. The molecule has 28 heavy (non-hydrogen) atoms. The van der Waals surface area contributed by atoms with Gasteiger partial charge in [-0.25, -0.2) is 4.98 Å². The normalized spacial score (nSPS) is 11.0. The van der Waals surface area contributed by atoms with Crippen LogP contribution in [0.25, 0.3) is 10.2 Å². The summed E-state index contributed by atoms with van der Waals surface area (Å²) in [7, 11) is 0. The van der Waals surface area contributed by atoms with E-state index < -0.39 is 0 Å². The third-order valence-corrected chi connectivity index (χ3v) is 5.27. The van der Waals surface area contributed by atoms with E-state index in [1.165, 1.54) is 22.2 Å². The van der Waals surface area contributed by atoms with Gasteiger partial charge in [0.05, 0.1) is 18.3 Å². The molecule has 8 heteroatoms. The Balaban J connectivity index is 1.28. The number of thiophene rings is 1. The molecule has 3 heterocycles. The molecule has 0 aliphatic carbocycles. The van der Waals surface area contributed by atoms with Crippen molar-refractivity contribution in [1.82, 2.24) is 24.6 Å². The lowest BCUT2D eigenvalue weighted by atomic mass is 10.1. The molecule has 0 atom stereocenters. The first-order valence-electron chi connectivity index (χ1n) is 8.93. The van der Waals surface area contributed by atoms with Crippen LogP contribution in [0.3, 0.4) is 0 Å². The third kappa shape index (κ3) is 4.17. The van der Waals surface area contributed by atoms with Gasteiger partial charge in [0, 0.05) is 31.9 Å². The molecule has 0 aliphatic heterocycles. The molecule has 1 amide bonds. The van der Waals surface area contributed by atoms with E-state index in [1.54, 1.807) is 12.3 Å². The van der Waals surface area contributed by atoms with Crippen molar-refractivity contribution in [1.29, 1.82) is 0 Å². The van der Waals surface area contributed by atoms with Crippen molar-refractivity contribution in [3.63, 3.8) is 0 Å². The van der Waals surface area contributed by atoms with Gasteiger partial charge in [0.1, 0.15) is 4.83 Å². The zero-order valence-electron chi connectivity index (χ0n) is 15.1. The maximum absolute atomic E-state index is 12.3. The fourth-order valence-corrected chi connectivity index (χ4v) is 3.63. The second-order valence-electron chi connectivity index (χ2n) is 6.43. The molecule has 1 aromatic carbocycles. The van der Waals surface area contributed by atoms with Gasteiger partial charge in [0.25, 0.3) is 5.56 Å². The first-order valence-corrected chi connectivity index (χ1v) is 9.81. The van der Waals surface area contributed by atoms with Crippen LogP contribution < -0.4 is 10.9 Å². The molecule has 0 saturated heterocycles. The monoisotopic (exact) mass is 393 g/mol. The quantitative estimate of drug-likeness (QED) is 0.523. The van der Waals surface area contributed by atoms with Crippen molar-refractivity contribution >= 4 is 27.5 Å². The summed E-state index contributed by atoms with van der Waals surface area (Å²) in [4.78, 5) is 29.4. The maximum atomic E-state index is 12.3. The molecule has 142 valence electrons. The number of benzene rings is 1. The molecular formula is C20H19N5O2S. The first-order chi connectivity index (χ1) is 13.7. The summed E-state index contributed by atoms with van der Waals surface area (Å²) >= 11 is 1.43. The number of aryl methyl sites for hydroxylation is 1. The Kier molecular flexibility index (Phi) is 5.29. The molecule has 4 aromatic rings. The topological polar surface area (TPSA) is 81.8 Å². The zero-order valence-corrected chi connectivity index (χ0v) is 15.9. The van der Waals surface area contributed by atoms with Gasteiger partial charge in [0.15, 0.2) is 0 Å². The molecule has 1 N–H and O–H groups in total. The Morgan fingerprint density at radius 1 is 1.14 bits per heavy atom. The zero-order chi connectivity index (χ0) is 19.3. The van der Waals surface area contributed by atoms with Crippen LogP contribution >= 0.6 is 11.3 Å². The van der Waals surface area contributed by atoms with Crippen LogP contribution in [0.15, 0.2) is 65.3 Å². The number of carbonyl (C=O) groups excluding carboxylic acids is 1. The van der Waals surface area contributed by atoms with Gasteiger partial charge in [-0.05, 0) is 28.6 Å². The Bertz CT molecular complexity index is 1130. The minimum Gasteiger partial charge on any atom is -0.352 e. The van der Waals surface area contributed by atoms with Gasteiger partial charge in [-0.15, -0.1) is 11.3 Å². The number of rotatable bonds is 7. The molecule has 7 nitrogen and oxygen atoms in total. The van der Waals surface area contributed by atoms with E-state index >= 15 is 0 Å². The maximum Gasteiger partial charge on any atom is 0.262 e. The summed E-state index contributed by atoms with van der Waals surface area (Å²) in [6.07, 6.45) is 5.42. The molecule has 0 fully saturated rings. The van der Waals surface area contributed by atoms with E-state index in [2.05, 4.69) is 15.4 Å². The average molecular weight is 393 g/mol. The molecule has 0 saturated carbocycles. The van der Waals surface area contributed by atoms with Crippen LogP contribution in [-0.4, -0.2) is 25.2 Å². The molecule has 0 unspecified atom stereocenters. The number of amides is 1. The number of aromatic nitrogens is 4. The number of carbonyl (C=O) groups is 1. The fraction of sp³-hybridized carbons (Fsp3) is 0.200. The van der Waals surface area contributed by atoms with Crippen molar-refractivity contribution in [3.05, 3.63) is 82.0 Å². The van der Waals surface area contributed by atoms with Crippen molar-refractivity contribution in [2.75, 3.05) is 0 Å². The SMILES string of the molecule is O=C(CCn1cnc2sccc2c1=O)NCc1ccc(Cn2cccn2)cc1. The minimum atomic E-state index is -0.105. The molecular weight excluding hydrogens is 374 g/mol. The Morgan fingerprint density at radius 2 is 1.96 bits per heavy atom. The van der Waals surface area contributed by atoms with Crippen LogP contribution in [0, 0.1) is 0 Å². The highest BCUT2D eigenvalue weighted by atomic mass is 32.1. The van der Waals surface area contributed by atoms with Gasteiger partial charge in [0.2, 0.25) is 5.91 Å². The van der Waals surface area contributed by atoms with Crippen molar-refractivity contribution in [3.8, 4) is 0 Å². The minimum absolute atomic E-state index is 0.0991. The summed E-state index contributed by atoms with van der Waals surface area (Å²) in [6.45, 7) is 1.49. The fourth-order valence-electron chi connectivity index (χ4n) is 2.91. The van der Waals surface area contributed by atoms with Gasteiger partial charge < -0.3 is 5.32 Å². The molecule has 0 bridgehead atoms. The number of hydrogen-bond acceptors (Lipinski definition) is 5. The van der Waals surface area contributed by atoms with Gasteiger partial charge in [-0.3, -0.25) is 18.8 Å². The average Bonchev–Trinajstić information content (AvgIpc) is 3.39. The highest BCUT2D eigenvalue weighted by Gasteiger charge is 2.07. The smallest absolute Gasteiger partial charge is 0.262 e. The standard InChI is InChI=1S/C20H19N5O2S/c26-18(6-10-24-14-22-19-17(20(24)27)7-11-28-19)21-12-15-2-4-16(5-3-15)13-25-9-1-8-23-25/h1-5,7-9,11,14H,6,10,12-13H2,(H,21,26). The van der Waals surface area contributed by atoms with Gasteiger partial charge in [-0.2, -0.15) is 5.10 Å². The van der Waals surface area contributed by atoms with Crippen molar-refractivity contribution < 1.29 is 4.79 Å². The summed E-state index contributed by atoms with van der Waals surface area (Å²) in [5.41, 5.74) is 2.07. The van der Waals surface area contributed by atoms with Crippen LogP contribution in [0.5, 0.6) is 0 Å². The van der Waals surface area contributed by atoms with Crippen LogP contribution in [0.2, 0.25) is 0 Å². The summed E-state index contributed by atoms with van der Waals surface area (Å²) in [6, 6.07) is 11.7. The Hall–Kier alpha value is -3.26. The van der Waals surface area contributed by atoms with E-state index in [-0.39, 0.29) is 17.9 Å². The Labute approximate surface area is 165 Å². The molecule has 4 rings (SSSR count). The molecule has 0 aliphatic rings. The van der Waals surface area contributed by atoms with E-state index in [0.717, 1.165) is 22.5 Å². The van der Waals surface area contributed by atoms with Crippen molar-refractivity contribution in [2.45, 2.75) is 26.1 Å². The van der Waals surface area contributed by atoms with Crippen molar-refractivity contribution in [2.24, 2.45) is 0 Å². The highest BCUT2D eigenvalue weighted by molar-refractivity contribution is 7.16. The van der Waals surface area contributed by atoms with Crippen LogP contribution in [0.1, 0.15) is 17.5 Å². The summed E-state index contributed by atoms with van der Waals surface area (Å²) in [5.74, 6) is -0.0991. The van der Waals surface area contributed by atoms with Crippen LogP contribution in [0.4, 0.5) is 0 Å². The molecule has 3 aromatic heterocycles. The van der Waals surface area contributed by atoms with E-state index in [1.807, 2.05) is 46.6 Å². The number of nitrogens with one attached hydrogen (secondary N) is 1. The highest BCUT2D eigenvalue weighted by Crippen LogP contribution is 2.13. The predicted molar refractivity (Wildman–Crippen MR) is 108 cm³/mol.